The minimum Gasteiger partial charge on any atom is -0.309 e. The first-order valence-electron chi connectivity index (χ1n) is 23.6. The molecule has 0 amide bonds. The molecule has 66 heavy (non-hydrogen) atoms. The highest BCUT2D eigenvalue weighted by molar-refractivity contribution is 6.27. The lowest BCUT2D eigenvalue weighted by Gasteiger charge is -2.32. The fraction of sp³-hybridized carbons (Fsp3) is 0.188. The van der Waals surface area contributed by atoms with E-state index >= 15 is 0 Å². The van der Waals surface area contributed by atoms with Crippen molar-refractivity contribution in [3.8, 4) is 27.9 Å². The van der Waals surface area contributed by atoms with Crippen molar-refractivity contribution in [1.82, 2.24) is 4.57 Å². The fourth-order valence-electron chi connectivity index (χ4n) is 10.3. The number of nitrogens with zero attached hydrogens (tertiary/aromatic N) is 2. The molecule has 0 unspecified atom stereocenters. The summed E-state index contributed by atoms with van der Waals surface area (Å²) in [6, 6.07) is 70.9. The molecule has 0 saturated carbocycles. The minimum atomic E-state index is -0.115. The predicted octanol–water partition coefficient (Wildman–Crippen LogP) is 18.4. The number of para-hydroxylation sites is 3. The second-order valence-electron chi connectivity index (χ2n) is 21.5. The molecule has 0 saturated heterocycles. The van der Waals surface area contributed by atoms with Gasteiger partial charge in [0.1, 0.15) is 0 Å². The Hall–Kier alpha value is -7.16. The zero-order valence-corrected chi connectivity index (χ0v) is 39.8. The van der Waals surface area contributed by atoms with Crippen molar-refractivity contribution in [2.75, 3.05) is 4.90 Å². The van der Waals surface area contributed by atoms with Crippen molar-refractivity contribution >= 4 is 71.2 Å². The zero-order valence-electron chi connectivity index (χ0n) is 39.8. The fourth-order valence-corrected chi connectivity index (χ4v) is 10.3. The van der Waals surface area contributed by atoms with Crippen LogP contribution in [0, 0.1) is 0 Å². The number of hydrogen-bond donors (Lipinski definition) is 0. The molecule has 0 aliphatic rings. The molecule has 324 valence electrons. The van der Waals surface area contributed by atoms with Gasteiger partial charge >= 0.3 is 0 Å². The molecule has 0 spiro atoms. The lowest BCUT2D eigenvalue weighted by molar-refractivity contribution is 0.569. The standard InChI is InChI=1S/C64H58N2/c1-62(2,3)46-35-44(36-47(39-46)63(4,5)6)45-37-48(64(7,8)9)40-49(38-45)65(55-24-16-13-21-50(55)41-19-11-10-12-20-41)58-33-29-42-28-32-54-59(34-30-43-27-31-53(58)60(42)61(43)54)66-56-25-17-14-22-51(56)52-23-15-18-26-57(52)66/h10-40H,1-9H3. The largest absolute Gasteiger partial charge is 0.309 e. The lowest BCUT2D eigenvalue weighted by atomic mass is 9.78. The smallest absolute Gasteiger partial charge is 0.0541 e. The highest BCUT2D eigenvalue weighted by Crippen LogP contribution is 2.49. The second-order valence-corrected chi connectivity index (χ2v) is 21.5. The maximum absolute atomic E-state index is 2.55. The Labute approximate surface area is 390 Å². The summed E-state index contributed by atoms with van der Waals surface area (Å²) in [5.41, 5.74) is 15.8. The topological polar surface area (TPSA) is 8.17 Å². The lowest BCUT2D eigenvalue weighted by Crippen LogP contribution is -2.17. The highest BCUT2D eigenvalue weighted by atomic mass is 15.1. The molecule has 0 aliphatic heterocycles. The highest BCUT2D eigenvalue weighted by Gasteiger charge is 2.27. The van der Waals surface area contributed by atoms with Crippen molar-refractivity contribution in [2.24, 2.45) is 0 Å². The van der Waals surface area contributed by atoms with Gasteiger partial charge in [0, 0.05) is 32.8 Å². The third kappa shape index (κ3) is 6.94. The summed E-state index contributed by atoms with van der Waals surface area (Å²) in [5, 5.41) is 10.1. The van der Waals surface area contributed by atoms with E-state index < -0.39 is 0 Å². The Morgan fingerprint density at radius 3 is 1.45 bits per heavy atom. The van der Waals surface area contributed by atoms with Crippen LogP contribution >= 0.6 is 0 Å². The van der Waals surface area contributed by atoms with Gasteiger partial charge in [-0.1, -0.05) is 208 Å². The van der Waals surface area contributed by atoms with Crippen molar-refractivity contribution < 1.29 is 0 Å². The van der Waals surface area contributed by atoms with Gasteiger partial charge < -0.3 is 9.47 Å². The molecule has 2 nitrogen and oxygen atoms in total. The van der Waals surface area contributed by atoms with E-state index in [1.165, 1.54) is 98.8 Å². The van der Waals surface area contributed by atoms with E-state index in [0.29, 0.717) is 0 Å². The third-order valence-corrected chi connectivity index (χ3v) is 14.0. The van der Waals surface area contributed by atoms with Crippen LogP contribution in [0.2, 0.25) is 0 Å². The average molecular weight is 855 g/mol. The molecule has 1 aromatic heterocycles. The number of rotatable bonds is 6. The SMILES string of the molecule is CC(C)(C)c1cc(-c2cc(C(C)(C)C)cc(C(C)(C)C)c2)cc(N(c2ccccc2-c2ccccc2)c2ccc3ccc4c(-n5c6ccccc6c6ccccc65)ccc5ccc2c3c54)c1. The molecule has 1 heterocycles. The van der Waals surface area contributed by atoms with Gasteiger partial charge in [-0.15, -0.1) is 0 Å². The van der Waals surface area contributed by atoms with Crippen LogP contribution in [-0.2, 0) is 16.2 Å². The first kappa shape index (κ1) is 41.5. The summed E-state index contributed by atoms with van der Waals surface area (Å²) in [5.74, 6) is 0. The Kier molecular flexibility index (Phi) is 9.57. The molecule has 11 aromatic rings. The van der Waals surface area contributed by atoms with Gasteiger partial charge in [0.25, 0.3) is 0 Å². The summed E-state index contributed by atoms with van der Waals surface area (Å²) in [6.45, 7) is 21.0. The molecule has 0 radical (unpaired) electrons. The summed E-state index contributed by atoms with van der Waals surface area (Å²) in [4.78, 5) is 2.55. The average Bonchev–Trinajstić information content (AvgIpc) is 3.64. The van der Waals surface area contributed by atoms with E-state index in [4.69, 9.17) is 0 Å². The van der Waals surface area contributed by atoms with E-state index in [0.717, 1.165) is 17.1 Å². The van der Waals surface area contributed by atoms with Crippen molar-refractivity contribution in [3.05, 3.63) is 205 Å². The van der Waals surface area contributed by atoms with Crippen LogP contribution in [0.3, 0.4) is 0 Å². The van der Waals surface area contributed by atoms with Gasteiger partial charge in [0.05, 0.1) is 28.1 Å². The maximum Gasteiger partial charge on any atom is 0.0541 e. The van der Waals surface area contributed by atoms with E-state index in [2.05, 4.69) is 260 Å². The summed E-state index contributed by atoms with van der Waals surface area (Å²) in [7, 11) is 0. The van der Waals surface area contributed by atoms with E-state index in [1.807, 2.05) is 0 Å². The molecule has 0 atom stereocenters. The van der Waals surface area contributed by atoms with Crippen LogP contribution in [0.4, 0.5) is 17.1 Å². The number of aromatic nitrogens is 1. The van der Waals surface area contributed by atoms with E-state index in [1.54, 1.807) is 0 Å². The van der Waals surface area contributed by atoms with E-state index in [-0.39, 0.29) is 16.2 Å². The molecular formula is C64H58N2. The Bertz CT molecular complexity index is 3550. The zero-order chi connectivity index (χ0) is 45.7. The normalized spacial score (nSPS) is 12.6. The minimum absolute atomic E-state index is 0.00965. The number of anilines is 3. The number of benzene rings is 10. The first-order chi connectivity index (χ1) is 31.6. The van der Waals surface area contributed by atoms with Gasteiger partial charge in [-0.05, 0) is 114 Å². The Morgan fingerprint density at radius 1 is 0.348 bits per heavy atom. The van der Waals surface area contributed by atoms with Crippen LogP contribution in [0.25, 0.3) is 82.1 Å². The van der Waals surface area contributed by atoms with Gasteiger partial charge in [-0.3, -0.25) is 0 Å². The molecule has 0 N–H and O–H groups in total. The monoisotopic (exact) mass is 854 g/mol. The van der Waals surface area contributed by atoms with Crippen LogP contribution in [-0.4, -0.2) is 4.57 Å². The molecule has 0 fully saturated rings. The van der Waals surface area contributed by atoms with E-state index in [9.17, 15) is 0 Å². The maximum atomic E-state index is 2.55. The summed E-state index contributed by atoms with van der Waals surface area (Å²) < 4.78 is 2.47. The molecule has 11 rings (SSSR count). The van der Waals surface area contributed by atoms with Crippen LogP contribution in [0.5, 0.6) is 0 Å². The van der Waals surface area contributed by atoms with Gasteiger partial charge in [0.15, 0.2) is 0 Å². The molecule has 2 heteroatoms. The number of fused-ring (bicyclic) bond motifs is 3. The Morgan fingerprint density at radius 2 is 0.833 bits per heavy atom. The van der Waals surface area contributed by atoms with Crippen LogP contribution < -0.4 is 4.90 Å². The second kappa shape index (κ2) is 15.2. The van der Waals surface area contributed by atoms with Crippen molar-refractivity contribution in [3.63, 3.8) is 0 Å². The quantitative estimate of drug-likeness (QED) is 0.151. The van der Waals surface area contributed by atoms with Crippen molar-refractivity contribution in [1.29, 1.82) is 0 Å². The first-order valence-corrected chi connectivity index (χ1v) is 23.6. The summed E-state index contributed by atoms with van der Waals surface area (Å²) >= 11 is 0. The van der Waals surface area contributed by atoms with Crippen LogP contribution in [0.15, 0.2) is 188 Å². The molecule has 10 aromatic carbocycles. The third-order valence-electron chi connectivity index (χ3n) is 14.0. The Balaban J connectivity index is 1.22. The predicted molar refractivity (Wildman–Crippen MR) is 286 cm³/mol. The molecule has 0 aliphatic carbocycles. The van der Waals surface area contributed by atoms with Gasteiger partial charge in [0.2, 0.25) is 0 Å². The number of hydrogen-bond acceptors (Lipinski definition) is 1. The van der Waals surface area contributed by atoms with Crippen molar-refractivity contribution in [2.45, 2.75) is 78.6 Å². The van der Waals surface area contributed by atoms with Gasteiger partial charge in [-0.25, -0.2) is 0 Å². The summed E-state index contributed by atoms with van der Waals surface area (Å²) in [6.07, 6.45) is 0. The molecule has 0 bridgehead atoms. The molecular weight excluding hydrogens is 797 g/mol. The van der Waals surface area contributed by atoms with Gasteiger partial charge in [-0.2, -0.15) is 0 Å². The van der Waals surface area contributed by atoms with Crippen LogP contribution in [0.1, 0.15) is 79.0 Å².